The molecule has 1 aliphatic rings. The van der Waals surface area contributed by atoms with Crippen molar-refractivity contribution >= 4 is 27.4 Å². The van der Waals surface area contributed by atoms with Crippen molar-refractivity contribution in [3.05, 3.63) is 23.4 Å². The van der Waals surface area contributed by atoms with Crippen LogP contribution in [0.2, 0.25) is 0 Å². The van der Waals surface area contributed by atoms with Crippen LogP contribution in [0.3, 0.4) is 0 Å². The van der Waals surface area contributed by atoms with Gasteiger partial charge in [-0.3, -0.25) is 14.9 Å². The van der Waals surface area contributed by atoms with Crippen molar-refractivity contribution in [3.8, 4) is 0 Å². The maximum absolute atomic E-state index is 13.2. The zero-order valence-corrected chi connectivity index (χ0v) is 22.8. The Morgan fingerprint density at radius 3 is 2.51 bits per heavy atom. The van der Waals surface area contributed by atoms with E-state index in [-0.39, 0.29) is 23.2 Å². The van der Waals surface area contributed by atoms with Gasteiger partial charge in [-0.2, -0.15) is 0 Å². The molecule has 0 aromatic carbocycles. The maximum atomic E-state index is 13.2. The lowest BCUT2D eigenvalue weighted by molar-refractivity contribution is -0.128. The Morgan fingerprint density at radius 1 is 1.14 bits per heavy atom. The number of carbonyl (C=O) groups excluding carboxylic acids is 2. The van der Waals surface area contributed by atoms with Gasteiger partial charge in [-0.05, 0) is 45.1 Å². The van der Waals surface area contributed by atoms with Crippen LogP contribution in [-0.2, 0) is 19.4 Å². The first-order valence-corrected chi connectivity index (χ1v) is 15.2. The molecule has 1 aliphatic carbocycles. The molecule has 0 bridgehead atoms. The molecule has 0 radical (unpaired) electrons. The molecule has 1 amide bonds. The normalized spacial score (nSPS) is 17.2. The number of hydrogen-bond acceptors (Lipinski definition) is 6. The summed E-state index contributed by atoms with van der Waals surface area (Å²) in [4.78, 5) is 26.2. The third-order valence-corrected chi connectivity index (χ3v) is 8.87. The number of nitrogens with zero attached hydrogens (tertiary/aromatic N) is 1. The largest absolute Gasteiger partial charge is 0.338 e. The van der Waals surface area contributed by atoms with E-state index in [0.717, 1.165) is 43.4 Å². The van der Waals surface area contributed by atoms with Crippen LogP contribution in [0.4, 0.5) is 5.88 Å². The van der Waals surface area contributed by atoms with E-state index in [0.29, 0.717) is 31.1 Å². The number of sulfone groups is 1. The number of amides is 1. The summed E-state index contributed by atoms with van der Waals surface area (Å²) < 4.78 is 29.4. The number of carbonyl (C=O) groups is 2. The van der Waals surface area contributed by atoms with Gasteiger partial charge >= 0.3 is 0 Å². The second kappa shape index (κ2) is 14.6. The average Bonchev–Trinajstić information content (AvgIpc) is 3.29. The minimum Gasteiger partial charge on any atom is -0.338 e. The van der Waals surface area contributed by atoms with Gasteiger partial charge in [0.1, 0.15) is 0 Å². The summed E-state index contributed by atoms with van der Waals surface area (Å²) in [6, 6.07) is 1.82. The highest BCUT2D eigenvalue weighted by atomic mass is 32.2. The van der Waals surface area contributed by atoms with E-state index in [1.807, 2.05) is 13.0 Å². The Kier molecular flexibility index (Phi) is 12.2. The lowest BCUT2D eigenvalue weighted by atomic mass is 9.84. The summed E-state index contributed by atoms with van der Waals surface area (Å²) in [5.74, 6) is -0.469. The molecule has 2 rings (SSSR count). The quantitative estimate of drug-likeness (QED) is 0.222. The fourth-order valence-corrected chi connectivity index (χ4v) is 6.21. The van der Waals surface area contributed by atoms with Crippen LogP contribution in [0.15, 0.2) is 22.2 Å². The predicted molar refractivity (Wildman–Crippen MR) is 140 cm³/mol. The highest BCUT2D eigenvalue weighted by Crippen LogP contribution is 2.33. The monoisotopic (exact) mass is 508 g/mol. The zero-order chi connectivity index (χ0) is 25.8. The van der Waals surface area contributed by atoms with Crippen molar-refractivity contribution in [2.24, 2.45) is 11.8 Å². The molecule has 2 unspecified atom stereocenters. The molecular formula is C27H44N2O5S. The van der Waals surface area contributed by atoms with Crippen molar-refractivity contribution in [1.29, 1.82) is 0 Å². The van der Waals surface area contributed by atoms with Gasteiger partial charge in [0.15, 0.2) is 15.6 Å². The molecule has 0 spiro atoms. The number of rotatable bonds is 15. The lowest BCUT2D eigenvalue weighted by Crippen LogP contribution is -2.32. The highest BCUT2D eigenvalue weighted by molar-refractivity contribution is 7.91. The van der Waals surface area contributed by atoms with Gasteiger partial charge in [-0.25, -0.2) is 8.42 Å². The van der Waals surface area contributed by atoms with E-state index >= 15 is 0 Å². The first kappa shape index (κ1) is 29.3. The number of nitrogens with one attached hydrogen (secondary N) is 1. The second-order valence-corrected chi connectivity index (χ2v) is 12.4. The molecule has 0 saturated heterocycles. The third-order valence-electron chi connectivity index (χ3n) is 7.02. The van der Waals surface area contributed by atoms with Crippen molar-refractivity contribution in [2.75, 3.05) is 16.8 Å². The van der Waals surface area contributed by atoms with Crippen LogP contribution in [-0.4, -0.2) is 36.8 Å². The van der Waals surface area contributed by atoms with Gasteiger partial charge in [0.25, 0.3) is 0 Å². The molecule has 1 heterocycles. The van der Waals surface area contributed by atoms with Gasteiger partial charge in [0.05, 0.1) is 11.4 Å². The van der Waals surface area contributed by atoms with Gasteiger partial charge in [0.2, 0.25) is 11.8 Å². The van der Waals surface area contributed by atoms with E-state index in [1.54, 1.807) is 13.8 Å². The Morgan fingerprint density at radius 2 is 1.86 bits per heavy atom. The van der Waals surface area contributed by atoms with E-state index in [4.69, 9.17) is 4.52 Å². The molecule has 1 fully saturated rings. The van der Waals surface area contributed by atoms with E-state index in [2.05, 4.69) is 17.4 Å². The molecule has 8 heteroatoms. The summed E-state index contributed by atoms with van der Waals surface area (Å²) >= 11 is 0. The summed E-state index contributed by atoms with van der Waals surface area (Å²) in [6.07, 6.45) is 11.7. The lowest BCUT2D eigenvalue weighted by Gasteiger charge is -2.21. The van der Waals surface area contributed by atoms with Crippen LogP contribution in [0, 0.1) is 11.8 Å². The number of aromatic nitrogens is 1. The van der Waals surface area contributed by atoms with Gasteiger partial charge in [-0.15, -0.1) is 0 Å². The minimum absolute atomic E-state index is 0.0417. The summed E-state index contributed by atoms with van der Waals surface area (Å²) in [5.41, 5.74) is 1.62. The number of hydrogen-bond donors (Lipinski definition) is 1. The van der Waals surface area contributed by atoms with Crippen LogP contribution in [0.25, 0.3) is 0 Å². The fraction of sp³-hybridized carbons (Fsp3) is 0.741. The van der Waals surface area contributed by atoms with Gasteiger partial charge in [-0.1, -0.05) is 70.0 Å². The third kappa shape index (κ3) is 9.90. The highest BCUT2D eigenvalue weighted by Gasteiger charge is 2.30. The van der Waals surface area contributed by atoms with Crippen LogP contribution < -0.4 is 5.32 Å². The zero-order valence-electron chi connectivity index (χ0n) is 22.0. The van der Waals surface area contributed by atoms with Crippen molar-refractivity contribution in [2.45, 2.75) is 104 Å². The number of ketones is 1. The molecule has 1 aromatic rings. The molecule has 1 saturated carbocycles. The molecule has 2 atom stereocenters. The molecule has 1 aromatic heterocycles. The van der Waals surface area contributed by atoms with E-state index in [1.165, 1.54) is 25.3 Å². The Balaban J connectivity index is 2.04. The molecule has 7 nitrogen and oxygen atoms in total. The molecule has 1 N–H and O–H groups in total. The fourth-order valence-electron chi connectivity index (χ4n) is 4.75. The smallest absolute Gasteiger partial charge is 0.231 e. The summed E-state index contributed by atoms with van der Waals surface area (Å²) in [7, 11) is -3.10. The molecule has 35 heavy (non-hydrogen) atoms. The number of anilines is 1. The minimum atomic E-state index is -3.10. The predicted octanol–water partition coefficient (Wildman–Crippen LogP) is 6.22. The maximum Gasteiger partial charge on any atom is 0.231 e. The van der Waals surface area contributed by atoms with Crippen LogP contribution in [0.5, 0.6) is 0 Å². The topological polar surface area (TPSA) is 106 Å². The van der Waals surface area contributed by atoms with E-state index < -0.39 is 21.7 Å². The number of unbranched alkanes of at least 4 members (excludes halogenated alkanes) is 2. The SMILES string of the molecule is CCCCCC(C(=O)Nc1cc(C2CCCCC2)no1)C(C)C(=O)C=C(C)CCS(=O)(=O)CCC. The van der Waals surface area contributed by atoms with Crippen molar-refractivity contribution in [1.82, 2.24) is 5.16 Å². The summed E-state index contributed by atoms with van der Waals surface area (Å²) in [5, 5.41) is 7.04. The van der Waals surface area contributed by atoms with Crippen molar-refractivity contribution in [3.63, 3.8) is 0 Å². The molecule has 0 aliphatic heterocycles. The first-order valence-electron chi connectivity index (χ1n) is 13.4. The number of allylic oxidation sites excluding steroid dienone is 2. The second-order valence-electron chi connectivity index (χ2n) is 10.1. The Bertz CT molecular complexity index is 945. The van der Waals surface area contributed by atoms with E-state index in [9.17, 15) is 18.0 Å². The van der Waals surface area contributed by atoms with Crippen LogP contribution >= 0.6 is 0 Å². The Hall–Kier alpha value is -1.96. The van der Waals surface area contributed by atoms with Gasteiger partial charge < -0.3 is 4.52 Å². The van der Waals surface area contributed by atoms with Crippen molar-refractivity contribution < 1.29 is 22.5 Å². The van der Waals surface area contributed by atoms with Crippen LogP contribution in [0.1, 0.15) is 110 Å². The average molecular weight is 509 g/mol. The first-order chi connectivity index (χ1) is 16.7. The standard InChI is InChI=1S/C27H44N2O5S/c1-5-7-9-14-23(21(4)25(30)18-20(3)15-17-35(32,33)16-6-2)27(31)28-26-19-24(29-34-26)22-12-10-8-11-13-22/h18-19,21-23H,5-17H2,1-4H3,(H,28,31). The van der Waals surface area contributed by atoms with Gasteiger partial charge in [0, 0.05) is 29.6 Å². The Labute approximate surface area is 211 Å². The molecular weight excluding hydrogens is 464 g/mol. The summed E-state index contributed by atoms with van der Waals surface area (Å²) in [6.45, 7) is 7.50. The molecule has 198 valence electrons.